The van der Waals surface area contributed by atoms with E-state index in [1.165, 1.54) is 0 Å². The van der Waals surface area contributed by atoms with Gasteiger partial charge in [-0.05, 0) is 38.1 Å². The molecule has 0 saturated carbocycles. The van der Waals surface area contributed by atoms with Gasteiger partial charge in [-0.2, -0.15) is 4.98 Å². The van der Waals surface area contributed by atoms with Gasteiger partial charge in [0.1, 0.15) is 11.4 Å². The van der Waals surface area contributed by atoms with E-state index >= 15 is 0 Å². The summed E-state index contributed by atoms with van der Waals surface area (Å²) in [6, 6.07) is 7.60. The summed E-state index contributed by atoms with van der Waals surface area (Å²) in [4.78, 5) is 4.54. The smallest absolute Gasteiger partial charge is 0.259 e. The first kappa shape index (κ1) is 16.7. The highest BCUT2D eigenvalue weighted by atomic mass is 35.5. The topological polar surface area (TPSA) is 69.4 Å². The monoisotopic (exact) mass is 325 g/mol. The number of nitrogens with zero attached hydrogens (tertiary/aromatic N) is 2. The van der Waals surface area contributed by atoms with Crippen LogP contribution in [0.3, 0.4) is 0 Å². The molecular formula is C15H20ClN3O3. The maximum atomic E-state index is 5.70. The van der Waals surface area contributed by atoms with Crippen molar-refractivity contribution in [2.45, 2.75) is 18.4 Å². The summed E-state index contributed by atoms with van der Waals surface area (Å²) in [5.74, 6) is 1.87. The van der Waals surface area contributed by atoms with Gasteiger partial charge in [-0.3, -0.25) is 0 Å². The van der Waals surface area contributed by atoms with Crippen molar-refractivity contribution in [2.24, 2.45) is 0 Å². The number of benzene rings is 1. The van der Waals surface area contributed by atoms with Crippen LogP contribution in [-0.2, 0) is 10.3 Å². The Balaban J connectivity index is 0.00000176. The van der Waals surface area contributed by atoms with Gasteiger partial charge in [0.2, 0.25) is 5.82 Å². The molecule has 2 heterocycles. The Morgan fingerprint density at radius 3 is 2.68 bits per heavy atom. The van der Waals surface area contributed by atoms with Crippen molar-refractivity contribution in [3.05, 3.63) is 30.2 Å². The molecule has 0 unspecified atom stereocenters. The molecule has 1 N–H and O–H groups in total. The van der Waals surface area contributed by atoms with Crippen LogP contribution < -0.4 is 10.1 Å². The number of methoxy groups -OCH3 is 2. The molecule has 1 aromatic heterocycles. The van der Waals surface area contributed by atoms with Crippen LogP contribution in [0.5, 0.6) is 5.75 Å². The predicted octanol–water partition coefficient (Wildman–Crippen LogP) is 2.39. The Hall–Kier alpha value is -1.63. The summed E-state index contributed by atoms with van der Waals surface area (Å²) in [6.45, 7) is 1.76. The lowest BCUT2D eigenvalue weighted by Crippen LogP contribution is -2.41. The van der Waals surface area contributed by atoms with Crippen molar-refractivity contribution in [2.75, 3.05) is 27.3 Å². The van der Waals surface area contributed by atoms with Gasteiger partial charge < -0.3 is 19.3 Å². The average molecular weight is 326 g/mol. The lowest BCUT2D eigenvalue weighted by Gasteiger charge is -2.32. The van der Waals surface area contributed by atoms with Gasteiger partial charge in [0.15, 0.2) is 0 Å². The molecule has 1 aromatic carbocycles. The molecule has 3 rings (SSSR count). The molecule has 1 saturated heterocycles. The number of hydrogen-bond acceptors (Lipinski definition) is 6. The summed E-state index contributed by atoms with van der Waals surface area (Å²) < 4.78 is 16.4. The van der Waals surface area contributed by atoms with Crippen molar-refractivity contribution in [1.82, 2.24) is 15.5 Å². The zero-order chi connectivity index (χ0) is 14.7. The fourth-order valence-electron chi connectivity index (χ4n) is 2.62. The zero-order valence-corrected chi connectivity index (χ0v) is 13.5. The van der Waals surface area contributed by atoms with Gasteiger partial charge in [0.25, 0.3) is 5.89 Å². The Morgan fingerprint density at radius 2 is 2.00 bits per heavy atom. The van der Waals surface area contributed by atoms with Gasteiger partial charge in [-0.25, -0.2) is 0 Å². The number of hydrogen-bond donors (Lipinski definition) is 1. The van der Waals surface area contributed by atoms with Crippen molar-refractivity contribution >= 4 is 12.4 Å². The zero-order valence-electron chi connectivity index (χ0n) is 12.7. The molecule has 2 aromatic rings. The van der Waals surface area contributed by atoms with E-state index < -0.39 is 5.60 Å². The van der Waals surface area contributed by atoms with Crippen LogP contribution in [0.25, 0.3) is 11.4 Å². The molecule has 0 atom stereocenters. The van der Waals surface area contributed by atoms with E-state index in [0.717, 1.165) is 37.2 Å². The summed E-state index contributed by atoms with van der Waals surface area (Å²) in [5.41, 5.74) is 0.388. The first-order chi connectivity index (χ1) is 10.3. The predicted molar refractivity (Wildman–Crippen MR) is 84.3 cm³/mol. The highest BCUT2D eigenvalue weighted by Gasteiger charge is 2.39. The Kier molecular flexibility index (Phi) is 5.39. The molecular weight excluding hydrogens is 306 g/mol. The molecule has 0 radical (unpaired) electrons. The third kappa shape index (κ3) is 3.09. The van der Waals surface area contributed by atoms with Crippen LogP contribution in [0, 0.1) is 0 Å². The van der Waals surface area contributed by atoms with Crippen LogP contribution in [-0.4, -0.2) is 37.4 Å². The molecule has 0 bridgehead atoms. The summed E-state index contributed by atoms with van der Waals surface area (Å²) in [5, 5.41) is 7.40. The van der Waals surface area contributed by atoms with E-state index in [2.05, 4.69) is 15.5 Å². The van der Waals surface area contributed by atoms with Crippen LogP contribution in [0.15, 0.2) is 28.8 Å². The second kappa shape index (κ2) is 7.09. The quantitative estimate of drug-likeness (QED) is 0.931. The van der Waals surface area contributed by atoms with Crippen LogP contribution >= 0.6 is 12.4 Å². The number of nitrogens with one attached hydrogen (secondary N) is 1. The Bertz CT molecular complexity index is 612. The normalized spacial score (nSPS) is 16.8. The third-order valence-corrected chi connectivity index (χ3v) is 3.95. The van der Waals surface area contributed by atoms with Gasteiger partial charge in [-0.1, -0.05) is 17.3 Å². The number of rotatable bonds is 4. The van der Waals surface area contributed by atoms with Crippen molar-refractivity contribution in [3.8, 4) is 17.1 Å². The Morgan fingerprint density at radius 1 is 1.23 bits per heavy atom. The molecule has 0 aliphatic carbocycles. The van der Waals surface area contributed by atoms with E-state index in [0.29, 0.717) is 11.7 Å². The molecule has 7 heteroatoms. The molecule has 6 nitrogen and oxygen atoms in total. The van der Waals surface area contributed by atoms with Gasteiger partial charge >= 0.3 is 0 Å². The lowest BCUT2D eigenvalue weighted by atomic mass is 9.92. The second-order valence-electron chi connectivity index (χ2n) is 5.10. The molecule has 120 valence electrons. The SMILES string of the molecule is COc1cccc(-c2noc(C3(OC)CCNCC3)n2)c1.Cl. The van der Waals surface area contributed by atoms with E-state index in [1.807, 2.05) is 24.3 Å². The van der Waals surface area contributed by atoms with Crippen molar-refractivity contribution in [1.29, 1.82) is 0 Å². The minimum Gasteiger partial charge on any atom is -0.497 e. The standard InChI is InChI=1S/C15H19N3O3.ClH/c1-19-12-5-3-4-11(10-12)13-17-14(21-18-13)15(20-2)6-8-16-9-7-15;/h3-5,10,16H,6-9H2,1-2H3;1H. The lowest BCUT2D eigenvalue weighted by molar-refractivity contribution is -0.0622. The first-order valence-electron chi connectivity index (χ1n) is 7.02. The maximum Gasteiger partial charge on any atom is 0.259 e. The molecule has 1 aliphatic rings. The summed E-state index contributed by atoms with van der Waals surface area (Å²) >= 11 is 0. The fourth-order valence-corrected chi connectivity index (χ4v) is 2.62. The van der Waals surface area contributed by atoms with E-state index in [9.17, 15) is 0 Å². The molecule has 1 aliphatic heterocycles. The van der Waals surface area contributed by atoms with Crippen LogP contribution in [0.2, 0.25) is 0 Å². The van der Waals surface area contributed by atoms with E-state index in [-0.39, 0.29) is 12.4 Å². The Labute approximate surface area is 135 Å². The van der Waals surface area contributed by atoms with Crippen molar-refractivity contribution in [3.63, 3.8) is 0 Å². The van der Waals surface area contributed by atoms with Crippen LogP contribution in [0.4, 0.5) is 0 Å². The van der Waals surface area contributed by atoms with Crippen molar-refractivity contribution < 1.29 is 14.0 Å². The summed E-state index contributed by atoms with van der Waals surface area (Å²) in [7, 11) is 3.33. The molecule has 22 heavy (non-hydrogen) atoms. The van der Waals surface area contributed by atoms with Crippen LogP contribution in [0.1, 0.15) is 18.7 Å². The minimum atomic E-state index is -0.477. The summed E-state index contributed by atoms with van der Waals surface area (Å²) in [6.07, 6.45) is 1.65. The maximum absolute atomic E-state index is 5.70. The van der Waals surface area contributed by atoms with E-state index in [4.69, 9.17) is 14.0 Å². The van der Waals surface area contributed by atoms with Gasteiger partial charge in [0.05, 0.1) is 7.11 Å². The largest absolute Gasteiger partial charge is 0.497 e. The van der Waals surface area contributed by atoms with E-state index in [1.54, 1.807) is 14.2 Å². The average Bonchev–Trinajstić information content (AvgIpc) is 3.06. The first-order valence-corrected chi connectivity index (χ1v) is 7.02. The fraction of sp³-hybridized carbons (Fsp3) is 0.467. The minimum absolute atomic E-state index is 0. The number of aromatic nitrogens is 2. The van der Waals surface area contributed by atoms with Gasteiger partial charge in [-0.15, -0.1) is 12.4 Å². The number of ether oxygens (including phenoxy) is 2. The number of piperidine rings is 1. The third-order valence-electron chi connectivity index (χ3n) is 3.95. The number of halogens is 1. The second-order valence-corrected chi connectivity index (χ2v) is 5.10. The highest BCUT2D eigenvalue weighted by Crippen LogP contribution is 2.34. The molecule has 0 spiro atoms. The molecule has 1 fully saturated rings. The highest BCUT2D eigenvalue weighted by molar-refractivity contribution is 5.85. The van der Waals surface area contributed by atoms with Gasteiger partial charge in [0, 0.05) is 12.7 Å². The molecule has 0 amide bonds.